The van der Waals surface area contributed by atoms with Crippen LogP contribution in [0.2, 0.25) is 5.02 Å². The Bertz CT molecular complexity index is 528. The van der Waals surface area contributed by atoms with Gasteiger partial charge in [0, 0.05) is 10.6 Å². The number of rotatable bonds is 3. The van der Waals surface area contributed by atoms with E-state index in [-0.39, 0.29) is 5.91 Å². The third-order valence-electron chi connectivity index (χ3n) is 2.46. The molecule has 0 unspecified atom stereocenters. The second-order valence-electron chi connectivity index (χ2n) is 3.88. The summed E-state index contributed by atoms with van der Waals surface area (Å²) in [5.41, 5.74) is 8.47. The van der Waals surface area contributed by atoms with Crippen LogP contribution in [0, 0.1) is 0 Å². The van der Waals surface area contributed by atoms with E-state index in [2.05, 4.69) is 26.7 Å². The summed E-state index contributed by atoms with van der Waals surface area (Å²) < 4.78 is 0. The first kappa shape index (κ1) is 13.3. The van der Waals surface area contributed by atoms with Crippen molar-refractivity contribution in [3.8, 4) is 0 Å². The zero-order valence-electron chi connectivity index (χ0n) is 10.0. The Labute approximate surface area is 114 Å². The Morgan fingerprint density at radius 2 is 2.05 bits per heavy atom. The number of hydrazine groups is 1. The van der Waals surface area contributed by atoms with Crippen molar-refractivity contribution in [3.05, 3.63) is 34.9 Å². The maximum atomic E-state index is 11.8. The molecule has 0 bridgehead atoms. The number of hydrogen-bond acceptors (Lipinski definition) is 4. The van der Waals surface area contributed by atoms with Crippen LogP contribution in [0.5, 0.6) is 0 Å². The van der Waals surface area contributed by atoms with Crippen LogP contribution in [0.4, 0.5) is 4.79 Å². The minimum Gasteiger partial charge on any atom is -0.314 e. The molecule has 1 aromatic carbocycles. The highest BCUT2D eigenvalue weighted by atomic mass is 35.5. The number of amides is 3. The number of nitrogens with one attached hydrogen (secondary N) is 4. The van der Waals surface area contributed by atoms with Gasteiger partial charge in [-0.25, -0.2) is 15.6 Å². The van der Waals surface area contributed by atoms with Gasteiger partial charge in [0.05, 0.1) is 5.71 Å². The molecule has 1 aromatic rings. The summed E-state index contributed by atoms with van der Waals surface area (Å²) in [4.78, 5) is 22.9. The van der Waals surface area contributed by atoms with E-state index in [1.54, 1.807) is 31.2 Å². The third kappa shape index (κ3) is 3.43. The summed E-state index contributed by atoms with van der Waals surface area (Å²) in [6.45, 7) is 1.71. The van der Waals surface area contributed by atoms with Gasteiger partial charge in [-0.15, -0.1) is 0 Å². The Morgan fingerprint density at radius 3 is 2.74 bits per heavy atom. The molecule has 0 radical (unpaired) electrons. The minimum absolute atomic E-state index is 0.336. The number of carbonyl (C=O) groups is 2. The fraction of sp³-hybridized carbons (Fsp3) is 0.182. The van der Waals surface area contributed by atoms with E-state index >= 15 is 0 Å². The third-order valence-corrected chi connectivity index (χ3v) is 2.72. The fourth-order valence-corrected chi connectivity index (χ4v) is 1.55. The molecule has 1 atom stereocenters. The van der Waals surface area contributed by atoms with E-state index in [9.17, 15) is 9.59 Å². The van der Waals surface area contributed by atoms with Crippen molar-refractivity contribution in [2.75, 3.05) is 0 Å². The van der Waals surface area contributed by atoms with E-state index in [1.807, 2.05) is 0 Å². The number of hydrogen-bond donors (Lipinski definition) is 4. The van der Waals surface area contributed by atoms with Crippen LogP contribution in [0.3, 0.4) is 0 Å². The minimum atomic E-state index is -0.551. The molecule has 100 valence electrons. The van der Waals surface area contributed by atoms with Gasteiger partial charge in [0.1, 0.15) is 6.17 Å². The van der Waals surface area contributed by atoms with Crippen molar-refractivity contribution in [2.24, 2.45) is 5.10 Å². The van der Waals surface area contributed by atoms with Gasteiger partial charge in [0.2, 0.25) is 0 Å². The number of nitrogens with zero attached hydrogens (tertiary/aromatic N) is 1. The van der Waals surface area contributed by atoms with Gasteiger partial charge >= 0.3 is 6.03 Å². The monoisotopic (exact) mass is 281 g/mol. The second-order valence-corrected chi connectivity index (χ2v) is 4.31. The van der Waals surface area contributed by atoms with Gasteiger partial charge in [-0.3, -0.25) is 10.2 Å². The Balaban J connectivity index is 1.93. The van der Waals surface area contributed by atoms with E-state index < -0.39 is 12.2 Å². The molecule has 7 nitrogen and oxygen atoms in total. The number of urea groups is 1. The van der Waals surface area contributed by atoms with Crippen molar-refractivity contribution < 1.29 is 9.59 Å². The van der Waals surface area contributed by atoms with Gasteiger partial charge in [-0.1, -0.05) is 11.6 Å². The molecule has 4 N–H and O–H groups in total. The van der Waals surface area contributed by atoms with Crippen LogP contribution in [0.15, 0.2) is 29.4 Å². The molecule has 19 heavy (non-hydrogen) atoms. The highest BCUT2D eigenvalue weighted by molar-refractivity contribution is 6.30. The number of carbonyl (C=O) groups excluding carboxylic acids is 2. The highest BCUT2D eigenvalue weighted by Gasteiger charge is 2.20. The quantitative estimate of drug-likeness (QED) is 0.611. The molecule has 1 heterocycles. The Hall–Kier alpha value is -2.12. The van der Waals surface area contributed by atoms with Crippen molar-refractivity contribution >= 4 is 29.3 Å². The van der Waals surface area contributed by atoms with Gasteiger partial charge in [-0.05, 0) is 31.2 Å². The lowest BCUT2D eigenvalue weighted by molar-refractivity contribution is 0.0927. The van der Waals surface area contributed by atoms with Gasteiger partial charge < -0.3 is 5.32 Å². The van der Waals surface area contributed by atoms with Gasteiger partial charge in [0.25, 0.3) is 5.91 Å². The average Bonchev–Trinajstić information content (AvgIpc) is 2.40. The molecule has 0 spiro atoms. The molecule has 3 amide bonds. The summed E-state index contributed by atoms with van der Waals surface area (Å²) in [7, 11) is 0. The lowest BCUT2D eigenvalue weighted by Crippen LogP contribution is -2.60. The fourth-order valence-electron chi connectivity index (χ4n) is 1.42. The summed E-state index contributed by atoms with van der Waals surface area (Å²) in [5.74, 6) is -0.336. The van der Waals surface area contributed by atoms with Crippen LogP contribution in [-0.2, 0) is 0 Å². The molecule has 2 rings (SSSR count). The zero-order valence-corrected chi connectivity index (χ0v) is 10.8. The van der Waals surface area contributed by atoms with Gasteiger partial charge in [0.15, 0.2) is 0 Å². The number of hydrazone groups is 1. The lowest BCUT2D eigenvalue weighted by Gasteiger charge is -2.23. The molecule has 1 aliphatic rings. The van der Waals surface area contributed by atoms with Crippen molar-refractivity contribution in [1.29, 1.82) is 0 Å². The summed E-state index contributed by atoms with van der Waals surface area (Å²) >= 11 is 5.73. The molecule has 8 heteroatoms. The van der Waals surface area contributed by atoms with E-state index in [0.717, 1.165) is 0 Å². The van der Waals surface area contributed by atoms with Crippen molar-refractivity contribution in [2.45, 2.75) is 13.1 Å². The smallest absolute Gasteiger partial charge is 0.314 e. The SMILES string of the molecule is CC1=NNC(=O)N[C@H]1NNC(=O)c1ccc(Cl)cc1. The maximum Gasteiger partial charge on any atom is 0.336 e. The van der Waals surface area contributed by atoms with Crippen molar-refractivity contribution in [3.63, 3.8) is 0 Å². The zero-order chi connectivity index (χ0) is 13.8. The molecule has 0 fully saturated rings. The van der Waals surface area contributed by atoms with Crippen LogP contribution < -0.4 is 21.6 Å². The second kappa shape index (κ2) is 5.68. The summed E-state index contributed by atoms with van der Waals surface area (Å²) in [6.07, 6.45) is -0.551. The summed E-state index contributed by atoms with van der Waals surface area (Å²) in [5, 5.41) is 6.89. The highest BCUT2D eigenvalue weighted by Crippen LogP contribution is 2.09. The molecule has 0 aromatic heterocycles. The first-order chi connectivity index (χ1) is 9.06. The molecule has 1 aliphatic heterocycles. The topological polar surface area (TPSA) is 94.6 Å². The van der Waals surface area contributed by atoms with E-state index in [0.29, 0.717) is 16.3 Å². The molecule has 0 saturated carbocycles. The van der Waals surface area contributed by atoms with Crippen LogP contribution in [0.1, 0.15) is 17.3 Å². The number of benzene rings is 1. The summed E-state index contributed by atoms with van der Waals surface area (Å²) in [6, 6.07) is 6.00. The van der Waals surface area contributed by atoms with Crippen LogP contribution in [0.25, 0.3) is 0 Å². The number of halogens is 1. The van der Waals surface area contributed by atoms with E-state index in [1.165, 1.54) is 0 Å². The lowest BCUT2D eigenvalue weighted by atomic mass is 10.2. The predicted molar refractivity (Wildman–Crippen MR) is 70.6 cm³/mol. The Morgan fingerprint density at radius 1 is 1.37 bits per heavy atom. The largest absolute Gasteiger partial charge is 0.336 e. The first-order valence-electron chi connectivity index (χ1n) is 5.48. The predicted octanol–water partition coefficient (Wildman–Crippen LogP) is 0.589. The first-order valence-corrected chi connectivity index (χ1v) is 5.86. The average molecular weight is 282 g/mol. The molecular formula is C11H12ClN5O2. The standard InChI is InChI=1S/C11H12ClN5O2/c1-6-9(13-11(19)17-14-6)15-16-10(18)7-2-4-8(12)5-3-7/h2-5,9,15H,1H3,(H,16,18)(H2,13,17,19)/t9-/m0/s1. The molecular weight excluding hydrogens is 270 g/mol. The van der Waals surface area contributed by atoms with Gasteiger partial charge in [-0.2, -0.15) is 5.10 Å². The maximum absolute atomic E-state index is 11.8. The normalized spacial score (nSPS) is 18.1. The van der Waals surface area contributed by atoms with Crippen molar-refractivity contribution in [1.82, 2.24) is 21.6 Å². The van der Waals surface area contributed by atoms with E-state index in [4.69, 9.17) is 11.6 Å². The van der Waals surface area contributed by atoms with Crippen LogP contribution >= 0.6 is 11.6 Å². The molecule has 0 saturated heterocycles. The van der Waals surface area contributed by atoms with Crippen LogP contribution in [-0.4, -0.2) is 23.8 Å². The molecule has 0 aliphatic carbocycles. The Kier molecular flexibility index (Phi) is 3.98.